The Morgan fingerprint density at radius 3 is 2.42 bits per heavy atom. The van der Waals surface area contributed by atoms with Crippen LogP contribution in [0.5, 0.6) is 0 Å². The lowest BCUT2D eigenvalue weighted by atomic mass is 9.94. The van der Waals surface area contributed by atoms with E-state index in [1.54, 1.807) is 0 Å². The van der Waals surface area contributed by atoms with Crippen LogP contribution in [0.15, 0.2) is 53.1 Å². The van der Waals surface area contributed by atoms with Gasteiger partial charge in [-0.2, -0.15) is 0 Å². The van der Waals surface area contributed by atoms with Crippen molar-refractivity contribution in [2.75, 3.05) is 0 Å². The highest BCUT2D eigenvalue weighted by Crippen LogP contribution is 2.41. The van der Waals surface area contributed by atoms with Gasteiger partial charge in [-0.3, -0.25) is 4.98 Å². The SMILES string of the molecule is Cc1cc2oc3c(-c4nccc5cc(CC(C)C)ccc45)cc(C)c(F)c3c2cc1C(C)C. The van der Waals surface area contributed by atoms with Crippen molar-refractivity contribution in [1.29, 1.82) is 0 Å². The van der Waals surface area contributed by atoms with Crippen LogP contribution >= 0.6 is 0 Å². The molecule has 0 bridgehead atoms. The molecule has 2 aromatic heterocycles. The van der Waals surface area contributed by atoms with Gasteiger partial charge in [0.25, 0.3) is 0 Å². The van der Waals surface area contributed by atoms with Gasteiger partial charge in [0.15, 0.2) is 0 Å². The topological polar surface area (TPSA) is 26.0 Å². The first-order chi connectivity index (χ1) is 15.7. The molecule has 0 saturated heterocycles. The van der Waals surface area contributed by atoms with Crippen molar-refractivity contribution in [2.45, 2.75) is 53.9 Å². The lowest BCUT2D eigenvalue weighted by Crippen LogP contribution is -1.95. The lowest BCUT2D eigenvalue weighted by Gasteiger charge is -2.11. The molecule has 0 atom stereocenters. The van der Waals surface area contributed by atoms with Crippen molar-refractivity contribution in [2.24, 2.45) is 5.92 Å². The third kappa shape index (κ3) is 3.60. The van der Waals surface area contributed by atoms with E-state index in [1.807, 2.05) is 31.3 Å². The number of fused-ring (bicyclic) bond motifs is 4. The molecular formula is C30H30FNO. The van der Waals surface area contributed by atoms with Crippen molar-refractivity contribution in [3.05, 3.63) is 76.7 Å². The van der Waals surface area contributed by atoms with Gasteiger partial charge >= 0.3 is 0 Å². The van der Waals surface area contributed by atoms with Gasteiger partial charge in [-0.15, -0.1) is 0 Å². The summed E-state index contributed by atoms with van der Waals surface area (Å²) in [6, 6.07) is 14.6. The monoisotopic (exact) mass is 439 g/mol. The molecule has 2 heterocycles. The fourth-order valence-corrected chi connectivity index (χ4v) is 5.05. The molecule has 0 amide bonds. The molecule has 0 N–H and O–H groups in total. The Kier molecular flexibility index (Phi) is 5.23. The van der Waals surface area contributed by atoms with E-state index in [4.69, 9.17) is 9.40 Å². The van der Waals surface area contributed by atoms with E-state index in [1.165, 1.54) is 11.1 Å². The number of furan rings is 1. The van der Waals surface area contributed by atoms with Crippen LogP contribution in [0.3, 0.4) is 0 Å². The van der Waals surface area contributed by atoms with Crippen LogP contribution in [-0.4, -0.2) is 4.98 Å². The number of hydrogen-bond acceptors (Lipinski definition) is 2. The van der Waals surface area contributed by atoms with Gasteiger partial charge in [-0.1, -0.05) is 45.9 Å². The molecular weight excluding hydrogens is 409 g/mol. The highest BCUT2D eigenvalue weighted by molar-refractivity contribution is 6.12. The Labute approximate surface area is 194 Å². The van der Waals surface area contributed by atoms with E-state index in [2.05, 4.69) is 58.9 Å². The van der Waals surface area contributed by atoms with Crippen molar-refractivity contribution in [3.8, 4) is 11.3 Å². The molecule has 5 aromatic rings. The minimum atomic E-state index is -0.217. The van der Waals surface area contributed by atoms with Gasteiger partial charge in [0.2, 0.25) is 0 Å². The lowest BCUT2D eigenvalue weighted by molar-refractivity contribution is 0.626. The van der Waals surface area contributed by atoms with Gasteiger partial charge in [0.05, 0.1) is 11.1 Å². The Morgan fingerprint density at radius 1 is 0.909 bits per heavy atom. The predicted molar refractivity (Wildman–Crippen MR) is 137 cm³/mol. The summed E-state index contributed by atoms with van der Waals surface area (Å²) in [6.07, 6.45) is 2.87. The second-order valence-electron chi connectivity index (χ2n) is 10.0. The Hall–Kier alpha value is -3.20. The predicted octanol–water partition coefficient (Wildman–Crippen LogP) is 8.88. The van der Waals surface area contributed by atoms with E-state index < -0.39 is 0 Å². The van der Waals surface area contributed by atoms with E-state index in [-0.39, 0.29) is 5.82 Å². The molecule has 168 valence electrons. The average Bonchev–Trinajstić information content (AvgIpc) is 3.13. The molecule has 5 rings (SSSR count). The quantitative estimate of drug-likeness (QED) is 0.279. The molecule has 0 fully saturated rings. The van der Waals surface area contributed by atoms with Crippen LogP contribution in [0.4, 0.5) is 4.39 Å². The summed E-state index contributed by atoms with van der Waals surface area (Å²) in [4.78, 5) is 4.74. The zero-order valence-electron chi connectivity index (χ0n) is 20.2. The van der Waals surface area contributed by atoms with E-state index in [0.29, 0.717) is 28.4 Å². The first-order valence-corrected chi connectivity index (χ1v) is 11.8. The summed E-state index contributed by atoms with van der Waals surface area (Å²) in [7, 11) is 0. The highest BCUT2D eigenvalue weighted by Gasteiger charge is 2.21. The molecule has 2 nitrogen and oxygen atoms in total. The zero-order valence-corrected chi connectivity index (χ0v) is 20.2. The van der Waals surface area contributed by atoms with Gasteiger partial charge in [-0.05, 0) is 84.0 Å². The number of rotatable bonds is 4. The summed E-state index contributed by atoms with van der Waals surface area (Å²) in [5, 5.41) is 3.58. The van der Waals surface area contributed by atoms with Crippen molar-refractivity contribution >= 4 is 32.7 Å². The van der Waals surface area contributed by atoms with E-state index in [9.17, 15) is 0 Å². The van der Waals surface area contributed by atoms with Crippen LogP contribution in [0.2, 0.25) is 0 Å². The van der Waals surface area contributed by atoms with Crippen LogP contribution in [0, 0.1) is 25.6 Å². The number of aryl methyl sites for hydroxylation is 2. The summed E-state index contributed by atoms with van der Waals surface area (Å²) < 4.78 is 21.8. The van der Waals surface area contributed by atoms with Crippen molar-refractivity contribution < 1.29 is 8.81 Å². The highest BCUT2D eigenvalue weighted by atomic mass is 19.1. The Morgan fingerprint density at radius 2 is 1.70 bits per heavy atom. The largest absolute Gasteiger partial charge is 0.455 e. The fourth-order valence-electron chi connectivity index (χ4n) is 5.05. The maximum atomic E-state index is 15.5. The average molecular weight is 440 g/mol. The molecule has 0 spiro atoms. The van der Waals surface area contributed by atoms with Crippen molar-refractivity contribution in [1.82, 2.24) is 4.98 Å². The minimum Gasteiger partial charge on any atom is -0.455 e. The molecule has 33 heavy (non-hydrogen) atoms. The van der Waals surface area contributed by atoms with Gasteiger partial charge in [-0.25, -0.2) is 4.39 Å². The maximum absolute atomic E-state index is 15.5. The number of hydrogen-bond donors (Lipinski definition) is 0. The second-order valence-corrected chi connectivity index (χ2v) is 10.0. The number of nitrogens with zero attached hydrogens (tertiary/aromatic N) is 1. The van der Waals surface area contributed by atoms with Gasteiger partial charge in [0, 0.05) is 22.5 Å². The molecule has 3 heteroatoms. The Bertz CT molecular complexity index is 1520. The molecule has 0 radical (unpaired) electrons. The molecule has 3 aromatic carbocycles. The van der Waals surface area contributed by atoms with Gasteiger partial charge in [0.1, 0.15) is 17.0 Å². The van der Waals surface area contributed by atoms with Gasteiger partial charge < -0.3 is 4.42 Å². The van der Waals surface area contributed by atoms with Crippen LogP contribution in [0.1, 0.15) is 55.9 Å². The fraction of sp³-hybridized carbons (Fsp3) is 0.300. The number of halogens is 1. The van der Waals surface area contributed by atoms with Crippen LogP contribution < -0.4 is 0 Å². The number of benzene rings is 3. The van der Waals surface area contributed by atoms with Crippen LogP contribution in [0.25, 0.3) is 44.0 Å². The molecule has 0 aliphatic carbocycles. The second kappa shape index (κ2) is 7.98. The minimum absolute atomic E-state index is 0.217. The summed E-state index contributed by atoms with van der Waals surface area (Å²) in [5.74, 6) is 0.731. The standard InChI is InChI=1S/C30H30FNO/c1-16(2)11-20-7-8-22-21(14-20)9-10-32-29(22)25-12-19(6)28(31)27-24-15-23(17(3)4)18(5)13-26(24)33-30(25)27/h7-10,12-17H,11H2,1-6H3. The maximum Gasteiger partial charge on any atom is 0.147 e. The molecule has 0 aliphatic rings. The molecule has 0 saturated carbocycles. The van der Waals surface area contributed by atoms with Crippen molar-refractivity contribution in [3.63, 3.8) is 0 Å². The molecule has 0 unspecified atom stereocenters. The van der Waals surface area contributed by atoms with E-state index in [0.717, 1.165) is 45.0 Å². The number of pyridine rings is 1. The number of aromatic nitrogens is 1. The Balaban J connectivity index is 1.82. The third-order valence-electron chi connectivity index (χ3n) is 6.60. The first kappa shape index (κ1) is 21.6. The zero-order chi connectivity index (χ0) is 23.4. The summed E-state index contributed by atoms with van der Waals surface area (Å²) in [5.41, 5.74) is 7.25. The third-order valence-corrected chi connectivity index (χ3v) is 6.60. The molecule has 0 aliphatic heterocycles. The van der Waals surface area contributed by atoms with Crippen LogP contribution in [-0.2, 0) is 6.42 Å². The normalized spacial score (nSPS) is 12.2. The summed E-state index contributed by atoms with van der Waals surface area (Å²) >= 11 is 0. The smallest absolute Gasteiger partial charge is 0.147 e. The summed E-state index contributed by atoms with van der Waals surface area (Å²) in [6.45, 7) is 12.7. The van der Waals surface area contributed by atoms with E-state index >= 15 is 4.39 Å². The first-order valence-electron chi connectivity index (χ1n) is 11.8.